The zero-order valence-corrected chi connectivity index (χ0v) is 10.3. The maximum absolute atomic E-state index is 12.6. The number of benzene rings is 1. The van der Waals surface area contributed by atoms with E-state index in [9.17, 15) is 13.2 Å². The first-order valence-corrected chi connectivity index (χ1v) is 6.03. The molecule has 100 valence electrons. The van der Waals surface area contributed by atoms with Crippen LogP contribution in [0.5, 0.6) is 0 Å². The van der Waals surface area contributed by atoms with Crippen molar-refractivity contribution in [2.45, 2.75) is 12.6 Å². The largest absolute Gasteiger partial charge is 0.417 e. The SMILES string of the molecule is FC(F)(F)c1cc(NCC2CCOC2)ccc1Cl. The van der Waals surface area contributed by atoms with Crippen LogP contribution in [-0.4, -0.2) is 19.8 Å². The average molecular weight is 280 g/mol. The van der Waals surface area contributed by atoms with Gasteiger partial charge in [-0.2, -0.15) is 13.2 Å². The summed E-state index contributed by atoms with van der Waals surface area (Å²) in [5.74, 6) is 0.356. The number of anilines is 1. The lowest BCUT2D eigenvalue weighted by Crippen LogP contribution is -2.15. The number of halogens is 4. The Morgan fingerprint density at radius 2 is 2.17 bits per heavy atom. The molecule has 1 aromatic carbocycles. The number of hydrogen-bond acceptors (Lipinski definition) is 2. The third kappa shape index (κ3) is 3.29. The second-order valence-electron chi connectivity index (χ2n) is 4.30. The Labute approximate surface area is 108 Å². The van der Waals surface area contributed by atoms with Crippen molar-refractivity contribution in [3.63, 3.8) is 0 Å². The van der Waals surface area contributed by atoms with Gasteiger partial charge in [0.1, 0.15) is 0 Å². The normalized spacial score (nSPS) is 20.1. The van der Waals surface area contributed by atoms with Crippen LogP contribution in [0.1, 0.15) is 12.0 Å². The highest BCUT2D eigenvalue weighted by atomic mass is 35.5. The van der Waals surface area contributed by atoms with Crippen LogP contribution in [0, 0.1) is 5.92 Å². The summed E-state index contributed by atoms with van der Waals surface area (Å²) in [7, 11) is 0. The number of rotatable bonds is 3. The molecule has 2 rings (SSSR count). The lowest BCUT2D eigenvalue weighted by atomic mass is 10.1. The van der Waals surface area contributed by atoms with Gasteiger partial charge < -0.3 is 10.1 Å². The Bertz CT molecular complexity index is 416. The molecule has 0 aromatic heterocycles. The maximum Gasteiger partial charge on any atom is 0.417 e. The highest BCUT2D eigenvalue weighted by molar-refractivity contribution is 6.31. The molecule has 1 N–H and O–H groups in total. The summed E-state index contributed by atoms with van der Waals surface area (Å²) >= 11 is 5.54. The van der Waals surface area contributed by atoms with Crippen LogP contribution in [0.4, 0.5) is 18.9 Å². The minimum absolute atomic E-state index is 0.280. The summed E-state index contributed by atoms with van der Waals surface area (Å²) in [4.78, 5) is 0. The van der Waals surface area contributed by atoms with Gasteiger partial charge in [0.2, 0.25) is 0 Å². The van der Waals surface area contributed by atoms with E-state index in [2.05, 4.69) is 5.32 Å². The number of alkyl halides is 3. The van der Waals surface area contributed by atoms with E-state index in [4.69, 9.17) is 16.3 Å². The molecular formula is C12H13ClF3NO. The van der Waals surface area contributed by atoms with Crippen molar-refractivity contribution < 1.29 is 17.9 Å². The number of hydrogen-bond donors (Lipinski definition) is 1. The van der Waals surface area contributed by atoms with E-state index in [1.807, 2.05) is 0 Å². The van der Waals surface area contributed by atoms with Crippen molar-refractivity contribution in [3.05, 3.63) is 28.8 Å². The summed E-state index contributed by atoms with van der Waals surface area (Å²) in [5, 5.41) is 2.71. The van der Waals surface area contributed by atoms with Gasteiger partial charge in [-0.1, -0.05) is 11.6 Å². The van der Waals surface area contributed by atoms with Gasteiger partial charge in [0.15, 0.2) is 0 Å². The molecule has 18 heavy (non-hydrogen) atoms. The summed E-state index contributed by atoms with van der Waals surface area (Å²) in [6.45, 7) is 1.99. The van der Waals surface area contributed by atoms with E-state index >= 15 is 0 Å². The molecule has 1 heterocycles. The van der Waals surface area contributed by atoms with Gasteiger partial charge in [-0.05, 0) is 24.6 Å². The molecule has 1 saturated heterocycles. The van der Waals surface area contributed by atoms with E-state index in [0.29, 0.717) is 24.8 Å². The van der Waals surface area contributed by atoms with Crippen LogP contribution < -0.4 is 5.32 Å². The Hall–Kier alpha value is -0.940. The molecule has 1 aliphatic heterocycles. The molecule has 1 aromatic rings. The summed E-state index contributed by atoms with van der Waals surface area (Å²) in [6.07, 6.45) is -3.49. The van der Waals surface area contributed by atoms with Gasteiger partial charge >= 0.3 is 6.18 Å². The van der Waals surface area contributed by atoms with Crippen molar-refractivity contribution >= 4 is 17.3 Å². The predicted octanol–water partition coefficient (Wildman–Crippen LogP) is 3.81. The van der Waals surface area contributed by atoms with Gasteiger partial charge in [-0.15, -0.1) is 0 Å². The molecule has 1 aliphatic rings. The van der Waals surface area contributed by atoms with E-state index in [0.717, 1.165) is 19.1 Å². The van der Waals surface area contributed by atoms with Gasteiger partial charge in [-0.3, -0.25) is 0 Å². The quantitative estimate of drug-likeness (QED) is 0.908. The molecule has 6 heteroatoms. The molecule has 1 unspecified atom stereocenters. The number of nitrogens with one attached hydrogen (secondary N) is 1. The standard InChI is InChI=1S/C12H13ClF3NO/c13-11-2-1-9(5-10(11)12(14,15)16)17-6-8-3-4-18-7-8/h1-2,5,8,17H,3-4,6-7H2. The van der Waals surface area contributed by atoms with Crippen molar-refractivity contribution in [1.82, 2.24) is 0 Å². The fourth-order valence-corrected chi connectivity index (χ4v) is 2.08. The van der Waals surface area contributed by atoms with Crippen LogP contribution in [0.2, 0.25) is 5.02 Å². The van der Waals surface area contributed by atoms with Crippen LogP contribution in [0.15, 0.2) is 18.2 Å². The smallest absolute Gasteiger partial charge is 0.385 e. The van der Waals surface area contributed by atoms with Gasteiger partial charge in [0, 0.05) is 24.8 Å². The molecule has 0 spiro atoms. The third-order valence-corrected chi connectivity index (χ3v) is 3.22. The lowest BCUT2D eigenvalue weighted by Gasteiger charge is -2.14. The predicted molar refractivity (Wildman–Crippen MR) is 63.9 cm³/mol. The maximum atomic E-state index is 12.6. The molecule has 0 amide bonds. The molecule has 0 aliphatic carbocycles. The minimum atomic E-state index is -4.43. The van der Waals surface area contributed by atoms with Crippen LogP contribution in [0.3, 0.4) is 0 Å². The highest BCUT2D eigenvalue weighted by Crippen LogP contribution is 2.36. The number of ether oxygens (including phenoxy) is 1. The van der Waals surface area contributed by atoms with Crippen molar-refractivity contribution in [3.8, 4) is 0 Å². The van der Waals surface area contributed by atoms with Gasteiger partial charge in [0.05, 0.1) is 17.2 Å². The van der Waals surface area contributed by atoms with E-state index in [-0.39, 0.29) is 5.02 Å². The average Bonchev–Trinajstić information content (AvgIpc) is 2.79. The molecule has 0 radical (unpaired) electrons. The summed E-state index contributed by atoms with van der Waals surface area (Å²) in [6, 6.07) is 3.85. The monoisotopic (exact) mass is 279 g/mol. The van der Waals surface area contributed by atoms with Crippen molar-refractivity contribution in [2.24, 2.45) is 5.92 Å². The summed E-state index contributed by atoms with van der Waals surface area (Å²) < 4.78 is 43.1. The minimum Gasteiger partial charge on any atom is -0.385 e. The first-order chi connectivity index (χ1) is 8.47. The Kier molecular flexibility index (Phi) is 4.02. The third-order valence-electron chi connectivity index (χ3n) is 2.89. The fraction of sp³-hybridized carbons (Fsp3) is 0.500. The van der Waals surface area contributed by atoms with Crippen LogP contribution >= 0.6 is 11.6 Å². The second kappa shape index (κ2) is 5.36. The fourth-order valence-electron chi connectivity index (χ4n) is 1.86. The second-order valence-corrected chi connectivity index (χ2v) is 4.71. The van der Waals surface area contributed by atoms with E-state index < -0.39 is 11.7 Å². The van der Waals surface area contributed by atoms with E-state index in [1.54, 1.807) is 6.07 Å². The lowest BCUT2D eigenvalue weighted by molar-refractivity contribution is -0.137. The van der Waals surface area contributed by atoms with Crippen LogP contribution in [-0.2, 0) is 10.9 Å². The molecule has 1 atom stereocenters. The van der Waals surface area contributed by atoms with Crippen molar-refractivity contribution in [1.29, 1.82) is 0 Å². The molecule has 1 fully saturated rings. The molecular weight excluding hydrogens is 267 g/mol. The van der Waals surface area contributed by atoms with Crippen LogP contribution in [0.25, 0.3) is 0 Å². The Balaban J connectivity index is 2.04. The highest BCUT2D eigenvalue weighted by Gasteiger charge is 2.33. The topological polar surface area (TPSA) is 21.3 Å². The molecule has 0 bridgehead atoms. The first-order valence-electron chi connectivity index (χ1n) is 5.65. The zero-order valence-electron chi connectivity index (χ0n) is 9.56. The molecule has 0 saturated carbocycles. The molecule has 2 nitrogen and oxygen atoms in total. The van der Waals surface area contributed by atoms with Crippen molar-refractivity contribution in [2.75, 3.05) is 25.1 Å². The Morgan fingerprint density at radius 3 is 2.78 bits per heavy atom. The Morgan fingerprint density at radius 1 is 1.39 bits per heavy atom. The van der Waals surface area contributed by atoms with Gasteiger partial charge in [-0.25, -0.2) is 0 Å². The summed E-state index contributed by atoms with van der Waals surface area (Å²) in [5.41, 5.74) is -0.379. The van der Waals surface area contributed by atoms with E-state index in [1.165, 1.54) is 6.07 Å². The van der Waals surface area contributed by atoms with Gasteiger partial charge in [0.25, 0.3) is 0 Å². The first kappa shape index (κ1) is 13.5. The zero-order chi connectivity index (χ0) is 13.2.